The Kier molecular flexibility index (Phi) is 6.19. The lowest BCUT2D eigenvalue weighted by Crippen LogP contribution is -2.42. The summed E-state index contributed by atoms with van der Waals surface area (Å²) >= 11 is 11.8. The Labute approximate surface area is 178 Å². The zero-order valence-corrected chi connectivity index (χ0v) is 17.7. The lowest BCUT2D eigenvalue weighted by atomic mass is 9.99. The second kappa shape index (κ2) is 8.31. The van der Waals surface area contributed by atoms with Crippen molar-refractivity contribution in [1.29, 1.82) is 0 Å². The van der Waals surface area contributed by atoms with Crippen molar-refractivity contribution in [1.82, 2.24) is 4.90 Å². The molecule has 0 saturated carbocycles. The van der Waals surface area contributed by atoms with Crippen LogP contribution in [0.4, 0.5) is 0 Å². The fraction of sp³-hybridized carbons (Fsp3) is 0.263. The molecule has 0 fully saturated rings. The number of halogens is 2. The summed E-state index contributed by atoms with van der Waals surface area (Å²) in [5.41, 5.74) is 1.98. The highest BCUT2D eigenvalue weighted by Crippen LogP contribution is 2.29. The molecular weight excluding hydrogens is 439 g/mol. The molecule has 154 valence electrons. The molecule has 0 aliphatic carbocycles. The molecule has 7 nitrogen and oxygen atoms in total. The van der Waals surface area contributed by atoms with E-state index in [0.29, 0.717) is 19.5 Å². The molecule has 2 aromatic carbocycles. The Bertz CT molecular complexity index is 1090. The van der Waals surface area contributed by atoms with Crippen LogP contribution in [0, 0.1) is 0 Å². The van der Waals surface area contributed by atoms with Crippen molar-refractivity contribution in [2.24, 2.45) is 5.14 Å². The number of fused-ring (bicyclic) bond motifs is 1. The monoisotopic (exact) mass is 456 g/mol. The molecule has 1 aliphatic rings. The molecule has 3 rings (SSSR count). The number of carbonyl (C=O) groups is 2. The van der Waals surface area contributed by atoms with Crippen molar-refractivity contribution in [2.45, 2.75) is 30.9 Å². The minimum atomic E-state index is -4.17. The van der Waals surface area contributed by atoms with Gasteiger partial charge in [0.15, 0.2) is 6.10 Å². The first-order chi connectivity index (χ1) is 13.6. The predicted molar refractivity (Wildman–Crippen MR) is 108 cm³/mol. The van der Waals surface area contributed by atoms with Crippen LogP contribution in [-0.4, -0.2) is 37.8 Å². The van der Waals surface area contributed by atoms with Gasteiger partial charge in [0.05, 0.1) is 15.6 Å². The van der Waals surface area contributed by atoms with Crippen molar-refractivity contribution in [3.05, 3.63) is 63.1 Å². The van der Waals surface area contributed by atoms with E-state index in [1.54, 1.807) is 4.90 Å². The van der Waals surface area contributed by atoms with E-state index in [-0.39, 0.29) is 21.5 Å². The Morgan fingerprint density at radius 2 is 1.79 bits per heavy atom. The van der Waals surface area contributed by atoms with Crippen LogP contribution in [0.1, 0.15) is 28.4 Å². The molecule has 0 saturated heterocycles. The summed E-state index contributed by atoms with van der Waals surface area (Å²) < 4.78 is 28.5. The highest BCUT2D eigenvalue weighted by atomic mass is 35.5. The second-order valence-corrected chi connectivity index (χ2v) is 8.98. The fourth-order valence-corrected chi connectivity index (χ4v) is 4.51. The minimum Gasteiger partial charge on any atom is -0.449 e. The number of sulfonamides is 1. The lowest BCUT2D eigenvalue weighted by Gasteiger charge is -2.30. The number of amides is 1. The van der Waals surface area contributed by atoms with Gasteiger partial charge in [-0.2, -0.15) is 0 Å². The van der Waals surface area contributed by atoms with Gasteiger partial charge < -0.3 is 9.64 Å². The molecule has 2 aromatic rings. The van der Waals surface area contributed by atoms with Gasteiger partial charge in [-0.1, -0.05) is 47.5 Å². The van der Waals surface area contributed by atoms with Crippen molar-refractivity contribution in [3.8, 4) is 0 Å². The van der Waals surface area contributed by atoms with Gasteiger partial charge in [-0.05, 0) is 36.6 Å². The predicted octanol–water partition coefficient (Wildman–Crippen LogP) is 2.77. The van der Waals surface area contributed by atoms with E-state index < -0.39 is 27.0 Å². The molecule has 1 aliphatic heterocycles. The topological polar surface area (TPSA) is 107 Å². The summed E-state index contributed by atoms with van der Waals surface area (Å²) in [4.78, 5) is 26.4. The summed E-state index contributed by atoms with van der Waals surface area (Å²) in [5.74, 6) is -1.31. The summed E-state index contributed by atoms with van der Waals surface area (Å²) in [6.07, 6.45) is -0.374. The number of nitrogens with zero attached hydrogens (tertiary/aromatic N) is 1. The van der Waals surface area contributed by atoms with Crippen LogP contribution in [-0.2, 0) is 32.5 Å². The van der Waals surface area contributed by atoms with Gasteiger partial charge >= 0.3 is 5.97 Å². The molecule has 0 unspecified atom stereocenters. The molecule has 0 spiro atoms. The van der Waals surface area contributed by atoms with Crippen molar-refractivity contribution < 1.29 is 22.7 Å². The quantitative estimate of drug-likeness (QED) is 0.711. The number of esters is 1. The van der Waals surface area contributed by atoms with Gasteiger partial charge in [-0.3, -0.25) is 4.79 Å². The van der Waals surface area contributed by atoms with Crippen molar-refractivity contribution >= 4 is 45.1 Å². The SMILES string of the molecule is C[C@@H](OC(=O)c1cc(S(N)(=O)=O)c(Cl)cc1Cl)C(=O)N1CCc2ccccc2C1. The molecular formula is C19H18Cl2N2O5S. The Morgan fingerprint density at radius 3 is 2.45 bits per heavy atom. The third kappa shape index (κ3) is 4.72. The van der Waals surface area contributed by atoms with E-state index >= 15 is 0 Å². The van der Waals surface area contributed by atoms with Crippen LogP contribution in [0.15, 0.2) is 41.3 Å². The molecule has 10 heteroatoms. The summed E-state index contributed by atoms with van der Waals surface area (Å²) in [5, 5.41) is 4.76. The van der Waals surface area contributed by atoms with Gasteiger partial charge in [0.25, 0.3) is 5.91 Å². The number of ether oxygens (including phenoxy) is 1. The maximum absolute atomic E-state index is 12.7. The molecule has 2 N–H and O–H groups in total. The number of primary sulfonamides is 1. The van der Waals surface area contributed by atoms with Gasteiger partial charge in [0.1, 0.15) is 4.90 Å². The number of hydrogen-bond acceptors (Lipinski definition) is 5. The van der Waals surface area contributed by atoms with Crippen molar-refractivity contribution in [2.75, 3.05) is 6.54 Å². The normalized spacial score (nSPS) is 14.8. The zero-order valence-electron chi connectivity index (χ0n) is 15.4. The molecule has 0 radical (unpaired) electrons. The number of benzene rings is 2. The Balaban J connectivity index is 1.75. The highest BCUT2D eigenvalue weighted by molar-refractivity contribution is 7.89. The van der Waals surface area contributed by atoms with Crippen LogP contribution >= 0.6 is 23.2 Å². The Morgan fingerprint density at radius 1 is 1.14 bits per heavy atom. The van der Waals surface area contributed by atoms with Crippen LogP contribution < -0.4 is 5.14 Å². The Hall–Kier alpha value is -2.13. The van der Waals surface area contributed by atoms with Gasteiger partial charge in [-0.15, -0.1) is 0 Å². The zero-order chi connectivity index (χ0) is 21.3. The number of hydrogen-bond donors (Lipinski definition) is 1. The molecule has 0 bridgehead atoms. The second-order valence-electron chi connectivity index (χ2n) is 6.63. The third-order valence-electron chi connectivity index (χ3n) is 4.62. The van der Waals surface area contributed by atoms with Crippen LogP contribution in [0.3, 0.4) is 0 Å². The standard InChI is InChI=1S/C19H18Cl2N2O5S/c1-11(18(24)23-7-6-12-4-2-3-5-13(12)10-23)28-19(25)14-8-17(29(22,26)27)16(21)9-15(14)20/h2-5,8-9,11H,6-7,10H2,1H3,(H2,22,26,27)/t11-/m1/s1. The number of carbonyl (C=O) groups excluding carboxylic acids is 2. The maximum atomic E-state index is 12.7. The summed E-state index contributed by atoms with van der Waals surface area (Å²) in [6, 6.07) is 9.86. The lowest BCUT2D eigenvalue weighted by molar-refractivity contribution is -0.140. The molecule has 29 heavy (non-hydrogen) atoms. The molecule has 1 amide bonds. The first kappa shape index (κ1) is 21.6. The summed E-state index contributed by atoms with van der Waals surface area (Å²) in [7, 11) is -4.17. The highest BCUT2D eigenvalue weighted by Gasteiger charge is 2.28. The fourth-order valence-electron chi connectivity index (χ4n) is 3.12. The minimum absolute atomic E-state index is 0.112. The van der Waals surface area contributed by atoms with E-state index in [9.17, 15) is 18.0 Å². The van der Waals surface area contributed by atoms with Gasteiger partial charge in [0.2, 0.25) is 10.0 Å². The number of rotatable bonds is 4. The number of nitrogens with two attached hydrogens (primary N) is 1. The largest absolute Gasteiger partial charge is 0.449 e. The molecule has 1 heterocycles. The first-order valence-corrected chi connectivity index (χ1v) is 11.0. The average Bonchev–Trinajstić information content (AvgIpc) is 2.65. The van der Waals surface area contributed by atoms with E-state index in [2.05, 4.69) is 0 Å². The van der Waals surface area contributed by atoms with Gasteiger partial charge in [-0.25, -0.2) is 18.4 Å². The van der Waals surface area contributed by atoms with E-state index in [1.165, 1.54) is 12.5 Å². The van der Waals surface area contributed by atoms with Gasteiger partial charge in [0, 0.05) is 13.1 Å². The third-order valence-corrected chi connectivity index (χ3v) is 6.31. The first-order valence-electron chi connectivity index (χ1n) is 8.66. The molecule has 1 atom stereocenters. The van der Waals surface area contributed by atoms with E-state index in [0.717, 1.165) is 17.7 Å². The van der Waals surface area contributed by atoms with E-state index in [1.807, 2.05) is 24.3 Å². The smallest absolute Gasteiger partial charge is 0.340 e. The van der Waals surface area contributed by atoms with Crippen molar-refractivity contribution in [3.63, 3.8) is 0 Å². The van der Waals surface area contributed by atoms with E-state index in [4.69, 9.17) is 33.1 Å². The van der Waals surface area contributed by atoms with Crippen LogP contribution in [0.5, 0.6) is 0 Å². The van der Waals surface area contributed by atoms with Crippen LogP contribution in [0.2, 0.25) is 10.0 Å². The maximum Gasteiger partial charge on any atom is 0.340 e. The average molecular weight is 457 g/mol. The molecule has 0 aromatic heterocycles. The summed E-state index contributed by atoms with van der Waals surface area (Å²) in [6.45, 7) is 2.38. The van der Waals surface area contributed by atoms with Crippen LogP contribution in [0.25, 0.3) is 0 Å².